The summed E-state index contributed by atoms with van der Waals surface area (Å²) >= 11 is 0. The van der Waals surface area contributed by atoms with Crippen LogP contribution in [0, 0.1) is 5.92 Å². The number of hydrogen-bond donors (Lipinski definition) is 1. The van der Waals surface area contributed by atoms with Crippen LogP contribution in [-0.2, 0) is 11.3 Å². The van der Waals surface area contributed by atoms with Crippen molar-refractivity contribution >= 4 is 10.8 Å². The minimum atomic E-state index is 0.561. The molecule has 0 amide bonds. The molecule has 0 spiro atoms. The molecule has 0 aromatic heterocycles. The maximum absolute atomic E-state index is 5.43. The molecular formula is C18H23NO. The molecule has 2 aromatic rings. The van der Waals surface area contributed by atoms with Crippen LogP contribution in [0.3, 0.4) is 0 Å². The highest BCUT2D eigenvalue weighted by Crippen LogP contribution is 2.20. The Balaban J connectivity index is 1.61. The van der Waals surface area contributed by atoms with Crippen molar-refractivity contribution in [2.24, 2.45) is 5.92 Å². The molecule has 1 unspecified atom stereocenters. The van der Waals surface area contributed by atoms with Gasteiger partial charge in [-0.15, -0.1) is 0 Å². The minimum Gasteiger partial charge on any atom is -0.381 e. The van der Waals surface area contributed by atoms with Gasteiger partial charge in [0.2, 0.25) is 0 Å². The van der Waals surface area contributed by atoms with E-state index in [1.165, 1.54) is 29.2 Å². The molecule has 1 fully saturated rings. The van der Waals surface area contributed by atoms with Gasteiger partial charge in [0.05, 0.1) is 0 Å². The van der Waals surface area contributed by atoms with Crippen molar-refractivity contribution in [2.45, 2.75) is 32.4 Å². The lowest BCUT2D eigenvalue weighted by Gasteiger charge is -2.28. The van der Waals surface area contributed by atoms with Crippen LogP contribution in [0.5, 0.6) is 0 Å². The Morgan fingerprint density at radius 3 is 2.65 bits per heavy atom. The van der Waals surface area contributed by atoms with E-state index in [2.05, 4.69) is 54.7 Å². The standard InChI is InChI=1S/C18H23NO/c1-14(16-8-10-20-11-9-16)19-13-15-6-7-17-4-2-3-5-18(17)12-15/h2-7,12,14,16,19H,8-11,13H2,1H3. The quantitative estimate of drug-likeness (QED) is 0.913. The van der Waals surface area contributed by atoms with Gasteiger partial charge in [0.1, 0.15) is 0 Å². The molecule has 2 aromatic carbocycles. The van der Waals surface area contributed by atoms with Gasteiger partial charge in [0, 0.05) is 25.8 Å². The van der Waals surface area contributed by atoms with Gasteiger partial charge in [-0.2, -0.15) is 0 Å². The fourth-order valence-corrected chi connectivity index (χ4v) is 3.01. The van der Waals surface area contributed by atoms with Crippen LogP contribution < -0.4 is 5.32 Å². The molecule has 0 aliphatic carbocycles. The van der Waals surface area contributed by atoms with Crippen molar-refractivity contribution in [1.82, 2.24) is 5.32 Å². The van der Waals surface area contributed by atoms with Crippen molar-refractivity contribution in [3.05, 3.63) is 48.0 Å². The van der Waals surface area contributed by atoms with E-state index in [1.807, 2.05) is 0 Å². The Labute approximate surface area is 121 Å². The normalized spacial score (nSPS) is 18.2. The molecule has 20 heavy (non-hydrogen) atoms. The molecule has 106 valence electrons. The second-order valence-electron chi connectivity index (χ2n) is 5.80. The van der Waals surface area contributed by atoms with E-state index >= 15 is 0 Å². The monoisotopic (exact) mass is 269 g/mol. The first kappa shape index (κ1) is 13.6. The zero-order valence-corrected chi connectivity index (χ0v) is 12.1. The van der Waals surface area contributed by atoms with E-state index in [-0.39, 0.29) is 0 Å². The molecule has 0 bridgehead atoms. The topological polar surface area (TPSA) is 21.3 Å². The fourth-order valence-electron chi connectivity index (χ4n) is 3.01. The van der Waals surface area contributed by atoms with Gasteiger partial charge in [-0.3, -0.25) is 0 Å². The van der Waals surface area contributed by atoms with Crippen LogP contribution in [-0.4, -0.2) is 19.3 Å². The van der Waals surface area contributed by atoms with Crippen molar-refractivity contribution in [1.29, 1.82) is 0 Å². The van der Waals surface area contributed by atoms with E-state index in [9.17, 15) is 0 Å². The van der Waals surface area contributed by atoms with E-state index in [0.717, 1.165) is 25.7 Å². The van der Waals surface area contributed by atoms with Crippen LogP contribution in [0.15, 0.2) is 42.5 Å². The van der Waals surface area contributed by atoms with Crippen LogP contribution in [0.1, 0.15) is 25.3 Å². The smallest absolute Gasteiger partial charge is 0.0469 e. The average Bonchev–Trinajstić information content (AvgIpc) is 2.53. The maximum Gasteiger partial charge on any atom is 0.0469 e. The summed E-state index contributed by atoms with van der Waals surface area (Å²) in [4.78, 5) is 0. The van der Waals surface area contributed by atoms with Crippen molar-refractivity contribution < 1.29 is 4.74 Å². The lowest BCUT2D eigenvalue weighted by Crippen LogP contribution is -2.36. The third-order valence-corrected chi connectivity index (χ3v) is 4.42. The van der Waals surface area contributed by atoms with Gasteiger partial charge < -0.3 is 10.1 Å². The summed E-state index contributed by atoms with van der Waals surface area (Å²) in [6.07, 6.45) is 2.37. The summed E-state index contributed by atoms with van der Waals surface area (Å²) in [5.41, 5.74) is 1.36. The molecular weight excluding hydrogens is 246 g/mol. The molecule has 1 saturated heterocycles. The number of hydrogen-bond acceptors (Lipinski definition) is 2. The molecule has 3 rings (SSSR count). The third kappa shape index (κ3) is 3.20. The number of rotatable bonds is 4. The van der Waals surface area contributed by atoms with Gasteiger partial charge in [-0.1, -0.05) is 36.4 Å². The first-order chi connectivity index (χ1) is 9.83. The number of nitrogens with one attached hydrogen (secondary N) is 1. The highest BCUT2D eigenvalue weighted by atomic mass is 16.5. The van der Waals surface area contributed by atoms with Crippen LogP contribution in [0.25, 0.3) is 10.8 Å². The molecule has 1 aliphatic rings. The van der Waals surface area contributed by atoms with Crippen molar-refractivity contribution in [3.8, 4) is 0 Å². The zero-order chi connectivity index (χ0) is 13.8. The lowest BCUT2D eigenvalue weighted by molar-refractivity contribution is 0.0558. The van der Waals surface area contributed by atoms with Gasteiger partial charge >= 0.3 is 0 Å². The van der Waals surface area contributed by atoms with Gasteiger partial charge in [0.25, 0.3) is 0 Å². The maximum atomic E-state index is 5.43. The Hall–Kier alpha value is -1.38. The van der Waals surface area contributed by atoms with Gasteiger partial charge in [0.15, 0.2) is 0 Å². The summed E-state index contributed by atoms with van der Waals surface area (Å²) in [6, 6.07) is 15.8. The van der Waals surface area contributed by atoms with E-state index in [0.29, 0.717) is 6.04 Å². The van der Waals surface area contributed by atoms with Gasteiger partial charge in [-0.05, 0) is 48.1 Å². The molecule has 1 aliphatic heterocycles. The fraction of sp³-hybridized carbons (Fsp3) is 0.444. The molecule has 1 N–H and O–H groups in total. The first-order valence-electron chi connectivity index (χ1n) is 7.62. The average molecular weight is 269 g/mol. The van der Waals surface area contributed by atoms with E-state index < -0.39 is 0 Å². The number of benzene rings is 2. The van der Waals surface area contributed by atoms with Crippen LogP contribution in [0.2, 0.25) is 0 Å². The molecule has 0 radical (unpaired) electrons. The molecule has 1 atom stereocenters. The van der Waals surface area contributed by atoms with Crippen LogP contribution >= 0.6 is 0 Å². The number of fused-ring (bicyclic) bond motifs is 1. The highest BCUT2D eigenvalue weighted by molar-refractivity contribution is 5.82. The molecule has 1 heterocycles. The molecule has 2 nitrogen and oxygen atoms in total. The SMILES string of the molecule is CC(NCc1ccc2ccccc2c1)C1CCOCC1. The predicted octanol–water partition coefficient (Wildman–Crippen LogP) is 3.74. The van der Waals surface area contributed by atoms with E-state index in [1.54, 1.807) is 0 Å². The minimum absolute atomic E-state index is 0.561. The van der Waals surface area contributed by atoms with Crippen molar-refractivity contribution in [3.63, 3.8) is 0 Å². The Morgan fingerprint density at radius 2 is 1.85 bits per heavy atom. The summed E-state index contributed by atoms with van der Waals surface area (Å²) < 4.78 is 5.43. The number of ether oxygens (including phenoxy) is 1. The Bertz CT molecular complexity index is 560. The molecule has 0 saturated carbocycles. The third-order valence-electron chi connectivity index (χ3n) is 4.42. The summed E-state index contributed by atoms with van der Waals surface area (Å²) in [7, 11) is 0. The van der Waals surface area contributed by atoms with E-state index in [4.69, 9.17) is 4.74 Å². The highest BCUT2D eigenvalue weighted by Gasteiger charge is 2.19. The first-order valence-corrected chi connectivity index (χ1v) is 7.62. The zero-order valence-electron chi connectivity index (χ0n) is 12.1. The largest absolute Gasteiger partial charge is 0.381 e. The van der Waals surface area contributed by atoms with Crippen LogP contribution in [0.4, 0.5) is 0 Å². The predicted molar refractivity (Wildman–Crippen MR) is 83.8 cm³/mol. The summed E-state index contributed by atoms with van der Waals surface area (Å²) in [5.74, 6) is 0.754. The van der Waals surface area contributed by atoms with Gasteiger partial charge in [-0.25, -0.2) is 0 Å². The second-order valence-corrected chi connectivity index (χ2v) is 5.80. The summed E-state index contributed by atoms with van der Waals surface area (Å²) in [6.45, 7) is 5.10. The second kappa shape index (κ2) is 6.38. The summed E-state index contributed by atoms with van der Waals surface area (Å²) in [5, 5.41) is 6.32. The lowest BCUT2D eigenvalue weighted by atomic mass is 9.93. The van der Waals surface area contributed by atoms with Crippen molar-refractivity contribution in [2.75, 3.05) is 13.2 Å². The molecule has 2 heteroatoms. The Kier molecular flexibility index (Phi) is 4.34. The Morgan fingerprint density at radius 1 is 1.10 bits per heavy atom.